The highest BCUT2D eigenvalue weighted by molar-refractivity contribution is 5.80. The third-order valence-electron chi connectivity index (χ3n) is 12.1. The lowest BCUT2D eigenvalue weighted by Crippen LogP contribution is -2.53. The molecule has 0 fully saturated rings. The molecule has 6 heteroatoms. The molecule has 1 amide bonds. The summed E-state index contributed by atoms with van der Waals surface area (Å²) in [4.78, 5) is 12.6. The van der Waals surface area contributed by atoms with Crippen molar-refractivity contribution in [3.63, 3.8) is 0 Å². The number of unbranched alkanes of at least 4 members (excludes halogenated alkanes) is 32. The van der Waals surface area contributed by atoms with Crippen LogP contribution in [0.2, 0.25) is 0 Å². The molecule has 0 aliphatic heterocycles. The van der Waals surface area contributed by atoms with Gasteiger partial charge in [-0.25, -0.2) is 0 Å². The average Bonchev–Trinajstić information content (AvgIpc) is 3.24. The largest absolute Gasteiger partial charge is 0.394 e. The van der Waals surface area contributed by atoms with E-state index in [0.717, 1.165) is 38.5 Å². The Morgan fingerprint density at radius 3 is 1.07 bits per heavy atom. The summed E-state index contributed by atoms with van der Waals surface area (Å²) in [6, 6.07) is -1.01. The van der Waals surface area contributed by atoms with Gasteiger partial charge >= 0.3 is 0 Å². The smallest absolute Gasteiger partial charge is 0.249 e. The second-order valence-electron chi connectivity index (χ2n) is 17.8. The second-order valence-corrected chi connectivity index (χ2v) is 17.8. The normalized spacial score (nSPS) is 14.2. The van der Waals surface area contributed by atoms with E-state index in [1.54, 1.807) is 0 Å². The standard InChI is InChI=1S/C53H101NO5/c1-3-5-7-9-11-13-15-17-19-21-22-23-24-25-26-27-28-29-30-31-33-35-37-39-41-43-45-47-51(57)53(59)54-49(48-55)52(58)50(56)46-44-42-40-38-36-34-32-20-18-16-14-12-10-8-6-4-2/h20,25-26,32,38,40,49-52,55-58H,3-19,21-24,27-31,33-37,39,41-48H2,1-2H3,(H,54,59)/b26-25-,32-20+,40-38+. The first-order valence-electron chi connectivity index (χ1n) is 25.9. The number of aliphatic hydroxyl groups is 4. The molecule has 0 radical (unpaired) electrons. The molecular weight excluding hydrogens is 731 g/mol. The van der Waals surface area contributed by atoms with Gasteiger partial charge in [0.05, 0.1) is 18.8 Å². The maximum Gasteiger partial charge on any atom is 0.249 e. The number of carbonyl (C=O) groups is 1. The molecule has 0 heterocycles. The van der Waals surface area contributed by atoms with Gasteiger partial charge in [-0.15, -0.1) is 0 Å². The summed E-state index contributed by atoms with van der Waals surface area (Å²) < 4.78 is 0. The van der Waals surface area contributed by atoms with Crippen molar-refractivity contribution in [2.75, 3.05) is 6.61 Å². The fourth-order valence-corrected chi connectivity index (χ4v) is 7.95. The van der Waals surface area contributed by atoms with Crippen LogP contribution in [0.15, 0.2) is 36.5 Å². The zero-order chi connectivity index (χ0) is 43.1. The summed E-state index contributed by atoms with van der Waals surface area (Å²) in [6.45, 7) is 4.05. The molecule has 0 saturated carbocycles. The lowest BCUT2D eigenvalue weighted by Gasteiger charge is -2.27. The molecule has 0 saturated heterocycles. The molecular formula is C53H101NO5. The van der Waals surface area contributed by atoms with Crippen LogP contribution in [-0.4, -0.2) is 57.3 Å². The first kappa shape index (κ1) is 57.5. The minimum atomic E-state index is -1.29. The van der Waals surface area contributed by atoms with Gasteiger partial charge in [-0.05, 0) is 77.0 Å². The van der Waals surface area contributed by atoms with Gasteiger partial charge in [0.1, 0.15) is 12.2 Å². The topological polar surface area (TPSA) is 110 Å². The fourth-order valence-electron chi connectivity index (χ4n) is 7.95. The highest BCUT2D eigenvalue weighted by Crippen LogP contribution is 2.16. The van der Waals surface area contributed by atoms with Crippen molar-refractivity contribution < 1.29 is 25.2 Å². The summed E-state index contributed by atoms with van der Waals surface area (Å²) in [6.07, 6.45) is 57.7. The number of allylic oxidation sites excluding steroid dienone is 6. The van der Waals surface area contributed by atoms with Crippen LogP contribution >= 0.6 is 0 Å². The van der Waals surface area contributed by atoms with Gasteiger partial charge in [0, 0.05) is 0 Å². The quantitative estimate of drug-likeness (QED) is 0.0310. The second kappa shape index (κ2) is 47.6. The Balaban J connectivity index is 3.68. The zero-order valence-electron chi connectivity index (χ0n) is 39.3. The van der Waals surface area contributed by atoms with Crippen molar-refractivity contribution in [2.24, 2.45) is 0 Å². The Hall–Kier alpha value is -1.47. The van der Waals surface area contributed by atoms with Gasteiger partial charge in [0.2, 0.25) is 5.91 Å². The van der Waals surface area contributed by atoms with Crippen LogP contribution in [0.25, 0.3) is 0 Å². The molecule has 0 bridgehead atoms. The molecule has 0 aromatic heterocycles. The third-order valence-corrected chi connectivity index (χ3v) is 12.1. The van der Waals surface area contributed by atoms with E-state index in [-0.39, 0.29) is 0 Å². The first-order valence-corrected chi connectivity index (χ1v) is 25.9. The molecule has 59 heavy (non-hydrogen) atoms. The van der Waals surface area contributed by atoms with E-state index in [2.05, 4.69) is 55.6 Å². The van der Waals surface area contributed by atoms with Gasteiger partial charge in [-0.3, -0.25) is 4.79 Å². The Morgan fingerprint density at radius 2 is 0.712 bits per heavy atom. The van der Waals surface area contributed by atoms with E-state index in [1.807, 2.05) is 0 Å². The average molecular weight is 832 g/mol. The van der Waals surface area contributed by atoms with Crippen LogP contribution in [0.3, 0.4) is 0 Å². The molecule has 0 spiro atoms. The number of hydrogen-bond acceptors (Lipinski definition) is 5. The Kier molecular flexibility index (Phi) is 46.4. The number of nitrogens with one attached hydrogen (secondary N) is 1. The van der Waals surface area contributed by atoms with Gasteiger partial charge in [-0.1, -0.05) is 224 Å². The minimum Gasteiger partial charge on any atom is -0.394 e. The van der Waals surface area contributed by atoms with Gasteiger partial charge in [0.15, 0.2) is 0 Å². The summed E-state index contributed by atoms with van der Waals surface area (Å²) in [5.41, 5.74) is 0. The van der Waals surface area contributed by atoms with Gasteiger partial charge in [-0.2, -0.15) is 0 Å². The molecule has 4 atom stereocenters. The number of rotatable bonds is 47. The third kappa shape index (κ3) is 41.6. The van der Waals surface area contributed by atoms with E-state index in [9.17, 15) is 25.2 Å². The number of hydrogen-bond donors (Lipinski definition) is 5. The molecule has 348 valence electrons. The van der Waals surface area contributed by atoms with Crippen LogP contribution in [0, 0.1) is 0 Å². The van der Waals surface area contributed by atoms with Crippen molar-refractivity contribution in [2.45, 2.75) is 289 Å². The predicted octanol–water partition coefficient (Wildman–Crippen LogP) is 14.5. The van der Waals surface area contributed by atoms with Crippen molar-refractivity contribution in [3.8, 4) is 0 Å². The maximum atomic E-state index is 12.6. The maximum absolute atomic E-state index is 12.6. The van der Waals surface area contributed by atoms with E-state index >= 15 is 0 Å². The molecule has 5 N–H and O–H groups in total. The van der Waals surface area contributed by atoms with Crippen LogP contribution in [-0.2, 0) is 4.79 Å². The van der Waals surface area contributed by atoms with E-state index in [0.29, 0.717) is 19.3 Å². The summed E-state index contributed by atoms with van der Waals surface area (Å²) in [5, 5.41) is 43.8. The lowest BCUT2D eigenvalue weighted by atomic mass is 10.00. The Morgan fingerprint density at radius 1 is 0.407 bits per heavy atom. The van der Waals surface area contributed by atoms with Crippen LogP contribution in [0.4, 0.5) is 0 Å². The van der Waals surface area contributed by atoms with Gasteiger partial charge < -0.3 is 25.7 Å². The van der Waals surface area contributed by atoms with E-state index < -0.39 is 36.9 Å². The first-order chi connectivity index (χ1) is 29.0. The molecule has 4 unspecified atom stereocenters. The van der Waals surface area contributed by atoms with E-state index in [1.165, 1.54) is 193 Å². The van der Waals surface area contributed by atoms with Crippen LogP contribution in [0.5, 0.6) is 0 Å². The van der Waals surface area contributed by atoms with Crippen molar-refractivity contribution in [1.29, 1.82) is 0 Å². The van der Waals surface area contributed by atoms with Crippen molar-refractivity contribution in [3.05, 3.63) is 36.5 Å². The SMILES string of the molecule is CCCCCCCCC/C=C/CC/C=C/CCCC(O)C(O)C(CO)NC(=O)C(O)CCCCCCCCCCCCC/C=C\CCCCCCCCCCCCCC. The van der Waals surface area contributed by atoms with Crippen LogP contribution < -0.4 is 5.32 Å². The molecule has 0 aliphatic carbocycles. The summed E-state index contributed by atoms with van der Waals surface area (Å²) in [5.74, 6) is -0.597. The predicted molar refractivity (Wildman–Crippen MR) is 256 cm³/mol. The molecule has 0 rings (SSSR count). The Labute approximate surface area is 367 Å². The number of carbonyl (C=O) groups excluding carboxylic acids is 1. The summed E-state index contributed by atoms with van der Waals surface area (Å²) >= 11 is 0. The molecule has 0 aromatic rings. The number of aliphatic hydroxyl groups excluding tert-OH is 4. The highest BCUT2D eigenvalue weighted by Gasteiger charge is 2.28. The van der Waals surface area contributed by atoms with Crippen molar-refractivity contribution in [1.82, 2.24) is 5.32 Å². The Bertz CT molecular complexity index is 935. The zero-order valence-corrected chi connectivity index (χ0v) is 39.3. The minimum absolute atomic E-state index is 0.360. The monoisotopic (exact) mass is 832 g/mol. The molecule has 6 nitrogen and oxygen atoms in total. The van der Waals surface area contributed by atoms with Crippen molar-refractivity contribution >= 4 is 5.91 Å². The van der Waals surface area contributed by atoms with E-state index in [4.69, 9.17) is 0 Å². The fraction of sp³-hybridized carbons (Fsp3) is 0.868. The molecule has 0 aliphatic rings. The molecule has 0 aromatic carbocycles. The summed E-state index contributed by atoms with van der Waals surface area (Å²) in [7, 11) is 0. The van der Waals surface area contributed by atoms with Gasteiger partial charge in [0.25, 0.3) is 0 Å². The number of amides is 1. The highest BCUT2D eigenvalue weighted by atomic mass is 16.3. The lowest BCUT2D eigenvalue weighted by molar-refractivity contribution is -0.132. The van der Waals surface area contributed by atoms with Crippen LogP contribution in [0.1, 0.15) is 264 Å².